The van der Waals surface area contributed by atoms with Crippen LogP contribution in [0.1, 0.15) is 11.6 Å². The Bertz CT molecular complexity index is 323. The number of benzene rings is 1. The van der Waals surface area contributed by atoms with Crippen molar-refractivity contribution in [2.45, 2.75) is 6.04 Å². The number of hydrogen-bond donors (Lipinski definition) is 3. The Hall–Kier alpha value is -2.04. The van der Waals surface area contributed by atoms with Gasteiger partial charge in [-0.15, -0.1) is 0 Å². The van der Waals surface area contributed by atoms with Crippen molar-refractivity contribution in [3.05, 3.63) is 35.9 Å². The van der Waals surface area contributed by atoms with E-state index in [2.05, 4.69) is 10.4 Å². The fourth-order valence-electron chi connectivity index (χ4n) is 1.14. The fraction of sp³-hybridized carbons (Fsp3) is 0.111. The highest BCUT2D eigenvalue weighted by Crippen LogP contribution is 2.11. The number of hydrogen-bond acceptors (Lipinski definition) is 3. The molecule has 0 aliphatic rings. The number of rotatable bonds is 4. The van der Waals surface area contributed by atoms with Crippen LogP contribution in [0, 0.1) is 0 Å². The highest BCUT2D eigenvalue weighted by atomic mass is 16.1. The molecule has 0 saturated carbocycles. The molecule has 1 unspecified atom stereocenters. The average molecular weight is 192 g/mol. The van der Waals surface area contributed by atoms with Gasteiger partial charge in [0, 0.05) is 0 Å². The number of hydrazone groups is 1. The van der Waals surface area contributed by atoms with E-state index in [0.717, 1.165) is 5.56 Å². The molecule has 1 aromatic carbocycles. The van der Waals surface area contributed by atoms with Crippen LogP contribution in [0.2, 0.25) is 0 Å². The Morgan fingerprint density at radius 2 is 2.07 bits per heavy atom. The predicted molar refractivity (Wildman–Crippen MR) is 54.2 cm³/mol. The molecular formula is C9H12N4O. The molecule has 0 bridgehead atoms. The summed E-state index contributed by atoms with van der Waals surface area (Å²) in [4.78, 5) is 10.3. The van der Waals surface area contributed by atoms with Gasteiger partial charge in [0.1, 0.15) is 11.9 Å². The SMILES string of the molecule is N/N=C(\N)C(NC=O)c1ccccc1. The Balaban J connectivity index is 2.94. The molecule has 1 atom stereocenters. The number of carbonyl (C=O) groups excluding carboxylic acids is 1. The summed E-state index contributed by atoms with van der Waals surface area (Å²) >= 11 is 0. The zero-order chi connectivity index (χ0) is 10.4. The second kappa shape index (κ2) is 4.86. The van der Waals surface area contributed by atoms with E-state index in [1.165, 1.54) is 0 Å². The molecule has 1 rings (SSSR count). The molecule has 0 heterocycles. The molecule has 5 heteroatoms. The number of nitrogens with two attached hydrogens (primary N) is 2. The standard InChI is InChI=1S/C9H12N4O/c10-9(13-11)8(12-6-14)7-4-2-1-3-5-7/h1-6,8H,11H2,(H2,10,13)(H,12,14). The van der Waals surface area contributed by atoms with Crippen molar-refractivity contribution in [1.82, 2.24) is 5.32 Å². The molecule has 1 aromatic rings. The zero-order valence-electron chi connectivity index (χ0n) is 7.55. The molecule has 0 aliphatic carbocycles. The van der Waals surface area contributed by atoms with Gasteiger partial charge in [-0.3, -0.25) is 4.79 Å². The van der Waals surface area contributed by atoms with Crippen LogP contribution < -0.4 is 16.9 Å². The lowest BCUT2D eigenvalue weighted by molar-refractivity contribution is -0.109. The lowest BCUT2D eigenvalue weighted by atomic mass is 10.1. The third-order valence-corrected chi connectivity index (χ3v) is 1.81. The van der Waals surface area contributed by atoms with Crippen molar-refractivity contribution in [3.63, 3.8) is 0 Å². The van der Waals surface area contributed by atoms with Gasteiger partial charge in [-0.1, -0.05) is 30.3 Å². The lowest BCUT2D eigenvalue weighted by Gasteiger charge is -2.14. The van der Waals surface area contributed by atoms with E-state index in [4.69, 9.17) is 11.6 Å². The second-order valence-corrected chi connectivity index (χ2v) is 2.68. The first-order valence-corrected chi connectivity index (χ1v) is 4.07. The molecule has 0 saturated heterocycles. The summed E-state index contributed by atoms with van der Waals surface area (Å²) in [7, 11) is 0. The Labute approximate surface area is 81.8 Å². The molecule has 74 valence electrons. The summed E-state index contributed by atoms with van der Waals surface area (Å²) < 4.78 is 0. The highest BCUT2D eigenvalue weighted by Gasteiger charge is 2.13. The number of nitrogens with zero attached hydrogens (tertiary/aromatic N) is 1. The van der Waals surface area contributed by atoms with Crippen LogP contribution in [0.25, 0.3) is 0 Å². The van der Waals surface area contributed by atoms with Crippen LogP contribution in [-0.4, -0.2) is 12.2 Å². The number of nitrogens with one attached hydrogen (secondary N) is 1. The van der Waals surface area contributed by atoms with Gasteiger partial charge in [-0.05, 0) is 5.56 Å². The molecule has 0 aromatic heterocycles. The van der Waals surface area contributed by atoms with Crippen molar-refractivity contribution < 1.29 is 4.79 Å². The number of amidine groups is 1. The third-order valence-electron chi connectivity index (χ3n) is 1.81. The van der Waals surface area contributed by atoms with Crippen molar-refractivity contribution in [2.24, 2.45) is 16.7 Å². The molecule has 1 amide bonds. The van der Waals surface area contributed by atoms with Gasteiger partial charge in [-0.25, -0.2) is 0 Å². The zero-order valence-corrected chi connectivity index (χ0v) is 7.55. The third kappa shape index (κ3) is 2.22. The molecule has 0 spiro atoms. The molecule has 0 fully saturated rings. The molecule has 0 radical (unpaired) electrons. The summed E-state index contributed by atoms with van der Waals surface area (Å²) in [5.74, 6) is 5.22. The topological polar surface area (TPSA) is 93.5 Å². The summed E-state index contributed by atoms with van der Waals surface area (Å²) in [5.41, 5.74) is 6.38. The van der Waals surface area contributed by atoms with Crippen molar-refractivity contribution in [2.75, 3.05) is 0 Å². The first kappa shape index (κ1) is 10.0. The lowest BCUT2D eigenvalue weighted by Crippen LogP contribution is -2.33. The van der Waals surface area contributed by atoms with Crippen LogP contribution in [-0.2, 0) is 4.79 Å². The van der Waals surface area contributed by atoms with Gasteiger partial charge >= 0.3 is 0 Å². The molecule has 0 aliphatic heterocycles. The minimum Gasteiger partial charge on any atom is -0.384 e. The fourth-order valence-corrected chi connectivity index (χ4v) is 1.14. The quantitative estimate of drug-likeness (QED) is 0.201. The Morgan fingerprint density at radius 1 is 1.43 bits per heavy atom. The van der Waals surface area contributed by atoms with E-state index in [9.17, 15) is 4.79 Å². The van der Waals surface area contributed by atoms with E-state index in [0.29, 0.717) is 6.41 Å². The van der Waals surface area contributed by atoms with E-state index in [-0.39, 0.29) is 5.84 Å². The first-order chi connectivity index (χ1) is 6.79. The maximum Gasteiger partial charge on any atom is 0.207 e. The molecular weight excluding hydrogens is 180 g/mol. The van der Waals surface area contributed by atoms with Gasteiger partial charge in [0.2, 0.25) is 6.41 Å². The van der Waals surface area contributed by atoms with Crippen molar-refractivity contribution >= 4 is 12.2 Å². The van der Waals surface area contributed by atoms with E-state index < -0.39 is 6.04 Å². The smallest absolute Gasteiger partial charge is 0.207 e. The predicted octanol–water partition coefficient (Wildman–Crippen LogP) is -0.295. The number of amides is 1. The van der Waals surface area contributed by atoms with Gasteiger partial charge in [0.05, 0.1) is 0 Å². The van der Waals surface area contributed by atoms with Gasteiger partial charge in [0.25, 0.3) is 0 Å². The molecule has 5 nitrogen and oxygen atoms in total. The minimum atomic E-state index is -0.460. The van der Waals surface area contributed by atoms with Gasteiger partial charge < -0.3 is 16.9 Å². The molecule has 14 heavy (non-hydrogen) atoms. The normalized spacial score (nSPS) is 13.3. The highest BCUT2D eigenvalue weighted by molar-refractivity contribution is 5.88. The monoisotopic (exact) mass is 192 g/mol. The van der Waals surface area contributed by atoms with Crippen molar-refractivity contribution in [3.8, 4) is 0 Å². The summed E-state index contributed by atoms with van der Waals surface area (Å²) in [6.45, 7) is 0. The maximum atomic E-state index is 10.3. The first-order valence-electron chi connectivity index (χ1n) is 4.07. The summed E-state index contributed by atoms with van der Waals surface area (Å²) in [6.07, 6.45) is 0.565. The van der Waals surface area contributed by atoms with Crippen LogP contribution in [0.5, 0.6) is 0 Å². The second-order valence-electron chi connectivity index (χ2n) is 2.68. The van der Waals surface area contributed by atoms with E-state index in [1.807, 2.05) is 30.3 Å². The summed E-state index contributed by atoms with van der Waals surface area (Å²) in [5, 5.41) is 5.89. The van der Waals surface area contributed by atoms with Gasteiger partial charge in [0.15, 0.2) is 0 Å². The summed E-state index contributed by atoms with van der Waals surface area (Å²) in [6, 6.07) is 8.77. The van der Waals surface area contributed by atoms with Crippen LogP contribution in [0.15, 0.2) is 35.4 Å². The number of carbonyl (C=O) groups is 1. The largest absolute Gasteiger partial charge is 0.384 e. The van der Waals surface area contributed by atoms with Crippen LogP contribution in [0.4, 0.5) is 0 Å². The van der Waals surface area contributed by atoms with E-state index in [1.54, 1.807) is 0 Å². The minimum absolute atomic E-state index is 0.170. The van der Waals surface area contributed by atoms with Crippen molar-refractivity contribution in [1.29, 1.82) is 0 Å². The van der Waals surface area contributed by atoms with Crippen LogP contribution >= 0.6 is 0 Å². The van der Waals surface area contributed by atoms with Crippen LogP contribution in [0.3, 0.4) is 0 Å². The molecule has 5 N–H and O–H groups in total. The Kier molecular flexibility index (Phi) is 3.49. The maximum absolute atomic E-state index is 10.3. The Morgan fingerprint density at radius 3 is 2.57 bits per heavy atom. The van der Waals surface area contributed by atoms with Gasteiger partial charge in [-0.2, -0.15) is 5.10 Å². The average Bonchev–Trinajstić information content (AvgIpc) is 2.26. The van der Waals surface area contributed by atoms with E-state index >= 15 is 0 Å².